The lowest BCUT2D eigenvalue weighted by Crippen LogP contribution is -2.36. The molecule has 1 amide bonds. The number of carbonyl (C=O) groups is 1. The Labute approximate surface area is 142 Å². The van der Waals surface area contributed by atoms with Crippen LogP contribution in [0, 0.1) is 5.92 Å². The van der Waals surface area contributed by atoms with Gasteiger partial charge in [-0.25, -0.2) is 0 Å². The summed E-state index contributed by atoms with van der Waals surface area (Å²) in [5, 5.41) is 2.84. The molecule has 6 heteroatoms. The summed E-state index contributed by atoms with van der Waals surface area (Å²) in [6, 6.07) is 6.98. The highest BCUT2D eigenvalue weighted by Gasteiger charge is 2.15. The van der Waals surface area contributed by atoms with Crippen molar-refractivity contribution in [2.45, 2.75) is 25.3 Å². The minimum atomic E-state index is -0.466. The van der Waals surface area contributed by atoms with Gasteiger partial charge < -0.3 is 20.5 Å². The first kappa shape index (κ1) is 18.1. The second-order valence-corrected chi connectivity index (χ2v) is 6.75. The SMILES string of the molecule is CSCC[C@H](N)C(=O)Nc1ccc(OCC2CCOCC2)cc1. The maximum absolute atomic E-state index is 11.9. The van der Waals surface area contributed by atoms with Crippen LogP contribution < -0.4 is 15.8 Å². The molecule has 1 fully saturated rings. The summed E-state index contributed by atoms with van der Waals surface area (Å²) in [5.41, 5.74) is 6.59. The third-order valence-electron chi connectivity index (χ3n) is 3.92. The van der Waals surface area contributed by atoms with Crippen LogP contribution in [0.15, 0.2) is 24.3 Å². The third-order valence-corrected chi connectivity index (χ3v) is 4.56. The van der Waals surface area contributed by atoms with Crippen LogP contribution in [0.1, 0.15) is 19.3 Å². The van der Waals surface area contributed by atoms with E-state index >= 15 is 0 Å². The van der Waals surface area contributed by atoms with Gasteiger partial charge in [-0.15, -0.1) is 0 Å². The van der Waals surface area contributed by atoms with Crippen molar-refractivity contribution in [3.8, 4) is 5.75 Å². The normalized spacial score (nSPS) is 16.8. The van der Waals surface area contributed by atoms with E-state index in [2.05, 4.69) is 5.32 Å². The number of nitrogens with two attached hydrogens (primary N) is 1. The number of amides is 1. The molecule has 1 atom stereocenters. The molecular weight excluding hydrogens is 312 g/mol. The lowest BCUT2D eigenvalue weighted by atomic mass is 10.0. The molecule has 1 heterocycles. The third kappa shape index (κ3) is 6.41. The molecule has 1 saturated heterocycles. The Hall–Kier alpha value is -1.24. The highest BCUT2D eigenvalue weighted by molar-refractivity contribution is 7.98. The van der Waals surface area contributed by atoms with Gasteiger partial charge in [-0.3, -0.25) is 4.79 Å². The quantitative estimate of drug-likeness (QED) is 0.762. The molecule has 0 aromatic heterocycles. The van der Waals surface area contributed by atoms with Crippen LogP contribution in [0.5, 0.6) is 5.75 Å². The smallest absolute Gasteiger partial charge is 0.241 e. The molecular formula is C17H26N2O3S. The maximum atomic E-state index is 11.9. The molecule has 128 valence electrons. The summed E-state index contributed by atoms with van der Waals surface area (Å²) in [7, 11) is 0. The predicted octanol–water partition coefficient (Wildman–Crippen LogP) is 2.51. The Morgan fingerprint density at radius 3 is 2.74 bits per heavy atom. The molecule has 0 saturated carbocycles. The molecule has 1 aromatic rings. The molecule has 0 radical (unpaired) electrons. The number of rotatable bonds is 8. The lowest BCUT2D eigenvalue weighted by molar-refractivity contribution is -0.117. The number of nitrogens with one attached hydrogen (secondary N) is 1. The van der Waals surface area contributed by atoms with Gasteiger partial charge in [0.15, 0.2) is 0 Å². The van der Waals surface area contributed by atoms with Crippen molar-refractivity contribution in [2.24, 2.45) is 11.7 Å². The van der Waals surface area contributed by atoms with Crippen LogP contribution in [-0.2, 0) is 9.53 Å². The van der Waals surface area contributed by atoms with E-state index in [1.807, 2.05) is 30.5 Å². The Morgan fingerprint density at radius 1 is 1.39 bits per heavy atom. The molecule has 0 bridgehead atoms. The second kappa shape index (κ2) is 9.80. The number of hydrogen-bond donors (Lipinski definition) is 2. The Morgan fingerprint density at radius 2 is 2.09 bits per heavy atom. The lowest BCUT2D eigenvalue weighted by Gasteiger charge is -2.22. The van der Waals surface area contributed by atoms with Crippen molar-refractivity contribution in [3.05, 3.63) is 24.3 Å². The highest BCUT2D eigenvalue weighted by Crippen LogP contribution is 2.20. The molecule has 23 heavy (non-hydrogen) atoms. The minimum absolute atomic E-state index is 0.144. The van der Waals surface area contributed by atoms with Gasteiger partial charge in [-0.05, 0) is 61.5 Å². The summed E-state index contributed by atoms with van der Waals surface area (Å²) in [6.07, 6.45) is 4.80. The number of hydrogen-bond acceptors (Lipinski definition) is 5. The molecule has 1 aromatic carbocycles. The van der Waals surface area contributed by atoms with Gasteiger partial charge in [0.2, 0.25) is 5.91 Å². The van der Waals surface area contributed by atoms with E-state index in [9.17, 15) is 4.79 Å². The van der Waals surface area contributed by atoms with Gasteiger partial charge in [0.05, 0.1) is 12.6 Å². The van der Waals surface area contributed by atoms with E-state index in [1.54, 1.807) is 11.8 Å². The van der Waals surface area contributed by atoms with Gasteiger partial charge in [0.1, 0.15) is 5.75 Å². The van der Waals surface area contributed by atoms with Gasteiger partial charge in [0.25, 0.3) is 0 Å². The number of ether oxygens (including phenoxy) is 2. The maximum Gasteiger partial charge on any atom is 0.241 e. The molecule has 0 unspecified atom stereocenters. The molecule has 3 N–H and O–H groups in total. The number of anilines is 1. The van der Waals surface area contributed by atoms with E-state index in [0.29, 0.717) is 18.9 Å². The van der Waals surface area contributed by atoms with Gasteiger partial charge in [-0.1, -0.05) is 0 Å². The number of benzene rings is 1. The van der Waals surface area contributed by atoms with Crippen LogP contribution in [0.4, 0.5) is 5.69 Å². The molecule has 2 rings (SSSR count). The molecule has 0 aliphatic carbocycles. The highest BCUT2D eigenvalue weighted by atomic mass is 32.2. The summed E-state index contributed by atoms with van der Waals surface area (Å²) < 4.78 is 11.2. The summed E-state index contributed by atoms with van der Waals surface area (Å²) >= 11 is 1.69. The zero-order valence-corrected chi connectivity index (χ0v) is 14.4. The first-order chi connectivity index (χ1) is 11.2. The van der Waals surface area contributed by atoms with E-state index in [1.165, 1.54) is 0 Å². The number of carbonyl (C=O) groups excluding carboxylic acids is 1. The van der Waals surface area contributed by atoms with Crippen molar-refractivity contribution in [1.82, 2.24) is 0 Å². The Balaban J connectivity index is 1.76. The standard InChI is InChI=1S/C17H26N2O3S/c1-23-11-8-16(18)17(20)19-14-2-4-15(5-3-14)22-12-13-6-9-21-10-7-13/h2-5,13,16H,6-12,18H2,1H3,(H,19,20)/t16-/m0/s1. The van der Waals surface area contributed by atoms with Crippen molar-refractivity contribution < 1.29 is 14.3 Å². The fourth-order valence-corrected chi connectivity index (χ4v) is 2.86. The largest absolute Gasteiger partial charge is 0.493 e. The van der Waals surface area contributed by atoms with E-state index < -0.39 is 6.04 Å². The molecule has 0 spiro atoms. The Kier molecular flexibility index (Phi) is 7.71. The topological polar surface area (TPSA) is 73.6 Å². The van der Waals surface area contributed by atoms with Gasteiger partial charge >= 0.3 is 0 Å². The molecule has 1 aliphatic rings. The average Bonchev–Trinajstić information content (AvgIpc) is 2.60. The van der Waals surface area contributed by atoms with Crippen LogP contribution in [0.2, 0.25) is 0 Å². The van der Waals surface area contributed by atoms with Gasteiger partial charge in [0, 0.05) is 18.9 Å². The fourth-order valence-electron chi connectivity index (χ4n) is 2.37. The van der Waals surface area contributed by atoms with Crippen LogP contribution in [0.3, 0.4) is 0 Å². The summed E-state index contributed by atoms with van der Waals surface area (Å²) in [5.74, 6) is 2.13. The predicted molar refractivity (Wildman–Crippen MR) is 95.1 cm³/mol. The monoisotopic (exact) mass is 338 g/mol. The molecule has 1 aliphatic heterocycles. The first-order valence-corrected chi connectivity index (χ1v) is 9.44. The zero-order chi connectivity index (χ0) is 16.5. The minimum Gasteiger partial charge on any atom is -0.493 e. The van der Waals surface area contributed by atoms with Crippen molar-refractivity contribution in [3.63, 3.8) is 0 Å². The van der Waals surface area contributed by atoms with Crippen molar-refractivity contribution in [1.29, 1.82) is 0 Å². The van der Waals surface area contributed by atoms with E-state index in [0.717, 1.165) is 43.2 Å². The Bertz CT molecular complexity index is 475. The van der Waals surface area contributed by atoms with Crippen LogP contribution in [-0.4, -0.2) is 43.8 Å². The second-order valence-electron chi connectivity index (χ2n) is 5.77. The molecule has 5 nitrogen and oxygen atoms in total. The van der Waals surface area contributed by atoms with Crippen LogP contribution >= 0.6 is 11.8 Å². The van der Waals surface area contributed by atoms with Crippen molar-refractivity contribution in [2.75, 3.05) is 37.1 Å². The zero-order valence-electron chi connectivity index (χ0n) is 13.6. The average molecular weight is 338 g/mol. The fraction of sp³-hybridized carbons (Fsp3) is 0.588. The summed E-state index contributed by atoms with van der Waals surface area (Å²) in [6.45, 7) is 2.38. The van der Waals surface area contributed by atoms with Crippen molar-refractivity contribution >= 4 is 23.4 Å². The summed E-state index contributed by atoms with van der Waals surface area (Å²) in [4.78, 5) is 11.9. The van der Waals surface area contributed by atoms with E-state index in [4.69, 9.17) is 15.2 Å². The van der Waals surface area contributed by atoms with E-state index in [-0.39, 0.29) is 5.91 Å². The van der Waals surface area contributed by atoms with Gasteiger partial charge in [-0.2, -0.15) is 11.8 Å². The first-order valence-electron chi connectivity index (χ1n) is 8.05. The van der Waals surface area contributed by atoms with Crippen LogP contribution in [0.25, 0.3) is 0 Å². The number of thioether (sulfide) groups is 1.